The molecule has 3 aliphatic rings. The number of alkyl halides is 5. The number of hydrogen-bond donors (Lipinski definition) is 3. The molecule has 0 radical (unpaired) electrons. The number of hydrogen-bond acceptors (Lipinski definition) is 6. The Morgan fingerprint density at radius 1 is 1.30 bits per heavy atom. The van der Waals surface area contributed by atoms with Gasteiger partial charge in [-0.25, -0.2) is 19.2 Å². The zero-order chi connectivity index (χ0) is 19.6. The first-order valence-electron chi connectivity index (χ1n) is 8.03. The Kier molecular flexibility index (Phi) is 3.91. The number of aryl methyl sites for hydroxylation is 1. The molecule has 7 nitrogen and oxygen atoms in total. The van der Waals surface area contributed by atoms with Gasteiger partial charge in [0.15, 0.2) is 0 Å². The number of halogens is 5. The average Bonchev–Trinajstić information content (AvgIpc) is 2.95. The number of carbonyl (C=O) groups excluding carboxylic acids is 1. The van der Waals surface area contributed by atoms with Gasteiger partial charge in [-0.15, -0.1) is 0 Å². The molecule has 0 spiro atoms. The highest BCUT2D eigenvalue weighted by Gasteiger charge is 2.49. The molecule has 1 aromatic heterocycles. The molecular formula is C15H15F5N6O. The molecule has 2 saturated heterocycles. The predicted octanol–water partition coefficient (Wildman–Crippen LogP) is 0.897. The number of likely N-dealkylation sites (tertiary alicyclic amines) is 1. The molecule has 4 heterocycles. The van der Waals surface area contributed by atoms with Crippen LogP contribution < -0.4 is 21.1 Å². The summed E-state index contributed by atoms with van der Waals surface area (Å²) in [6.45, 7) is 0.526. The van der Waals surface area contributed by atoms with Gasteiger partial charge in [0, 0.05) is 12.4 Å². The Balaban J connectivity index is 1.50. The Hall–Kier alpha value is -2.31. The number of fused-ring (bicyclic) bond motifs is 1. The van der Waals surface area contributed by atoms with E-state index in [1.807, 2.05) is 0 Å². The van der Waals surface area contributed by atoms with Gasteiger partial charge in [0.05, 0.1) is 24.2 Å². The summed E-state index contributed by atoms with van der Waals surface area (Å²) in [4.78, 5) is 17.5. The highest BCUT2D eigenvalue weighted by molar-refractivity contribution is 5.96. The van der Waals surface area contributed by atoms with Gasteiger partial charge in [-0.05, 0) is 18.6 Å². The van der Waals surface area contributed by atoms with E-state index in [0.29, 0.717) is 6.20 Å². The van der Waals surface area contributed by atoms with E-state index in [9.17, 15) is 26.7 Å². The van der Waals surface area contributed by atoms with Crippen molar-refractivity contribution in [1.29, 1.82) is 0 Å². The third-order valence-electron chi connectivity index (χ3n) is 4.54. The Bertz CT molecular complexity index is 817. The maximum atomic E-state index is 13.0. The molecule has 1 amide bonds. The molecule has 0 aromatic carbocycles. The number of rotatable bonds is 2. The standard InChI is InChI=1S/C15H15F5N6O/c1-7-2-8(15(18,19)20)3-21-11(7)26-4-9-10(24-26)22-13(23-12(9)27)25-5-14(16,17)6-25/h2-4,10,13,22,24H,5-6H2,1H3,(H,23,27). The zero-order valence-corrected chi connectivity index (χ0v) is 13.9. The van der Waals surface area contributed by atoms with Gasteiger partial charge in [-0.3, -0.25) is 20.0 Å². The lowest BCUT2D eigenvalue weighted by Gasteiger charge is -2.46. The van der Waals surface area contributed by atoms with Gasteiger partial charge < -0.3 is 5.32 Å². The molecule has 2 fully saturated rings. The molecule has 3 N–H and O–H groups in total. The number of hydrazine groups is 1. The molecule has 146 valence electrons. The minimum Gasteiger partial charge on any atom is -0.324 e. The molecule has 12 heteroatoms. The van der Waals surface area contributed by atoms with Crippen LogP contribution >= 0.6 is 0 Å². The molecule has 0 bridgehead atoms. The molecule has 27 heavy (non-hydrogen) atoms. The van der Waals surface area contributed by atoms with Gasteiger partial charge in [0.2, 0.25) is 0 Å². The van der Waals surface area contributed by atoms with Crippen molar-refractivity contribution in [3.63, 3.8) is 0 Å². The first kappa shape index (κ1) is 18.1. The van der Waals surface area contributed by atoms with E-state index in [1.165, 1.54) is 23.0 Å². The zero-order valence-electron chi connectivity index (χ0n) is 13.9. The molecule has 2 atom stereocenters. The topological polar surface area (TPSA) is 72.5 Å². The quantitative estimate of drug-likeness (QED) is 0.652. The van der Waals surface area contributed by atoms with Crippen molar-refractivity contribution in [1.82, 2.24) is 25.9 Å². The van der Waals surface area contributed by atoms with Crippen LogP contribution in [0.2, 0.25) is 0 Å². The summed E-state index contributed by atoms with van der Waals surface area (Å²) in [5.74, 6) is -3.04. The number of amides is 1. The van der Waals surface area contributed by atoms with Gasteiger partial charge in [0.1, 0.15) is 18.3 Å². The fraction of sp³-hybridized carbons (Fsp3) is 0.467. The summed E-state index contributed by atoms with van der Waals surface area (Å²) >= 11 is 0. The van der Waals surface area contributed by atoms with Crippen molar-refractivity contribution >= 4 is 11.7 Å². The Morgan fingerprint density at radius 3 is 2.59 bits per heavy atom. The molecular weight excluding hydrogens is 375 g/mol. The van der Waals surface area contributed by atoms with Crippen molar-refractivity contribution < 1.29 is 26.7 Å². The number of nitrogens with one attached hydrogen (secondary N) is 3. The minimum atomic E-state index is -4.50. The number of carbonyl (C=O) groups is 1. The molecule has 0 saturated carbocycles. The fourth-order valence-electron chi connectivity index (χ4n) is 3.21. The summed E-state index contributed by atoms with van der Waals surface area (Å²) in [5.41, 5.74) is 2.56. The summed E-state index contributed by atoms with van der Waals surface area (Å²) in [7, 11) is 0. The summed E-state index contributed by atoms with van der Waals surface area (Å²) < 4.78 is 64.4. The lowest BCUT2D eigenvalue weighted by molar-refractivity contribution is -0.162. The number of nitrogens with zero attached hydrogens (tertiary/aromatic N) is 3. The number of pyridine rings is 1. The lowest BCUT2D eigenvalue weighted by atomic mass is 10.1. The third kappa shape index (κ3) is 3.24. The predicted molar refractivity (Wildman–Crippen MR) is 83.0 cm³/mol. The van der Waals surface area contributed by atoms with E-state index >= 15 is 0 Å². The van der Waals surface area contributed by atoms with Crippen molar-refractivity contribution in [3.05, 3.63) is 35.2 Å². The highest BCUT2D eigenvalue weighted by Crippen LogP contribution is 2.32. The minimum absolute atomic E-state index is 0.200. The monoisotopic (exact) mass is 390 g/mol. The van der Waals surface area contributed by atoms with Crippen molar-refractivity contribution in [2.75, 3.05) is 18.1 Å². The largest absolute Gasteiger partial charge is 0.417 e. The van der Waals surface area contributed by atoms with Crippen LogP contribution in [0.5, 0.6) is 0 Å². The van der Waals surface area contributed by atoms with Crippen LogP contribution in [0.3, 0.4) is 0 Å². The first-order chi connectivity index (χ1) is 12.5. The molecule has 3 aliphatic heterocycles. The number of aromatic nitrogens is 1. The van der Waals surface area contributed by atoms with Crippen LogP contribution in [-0.2, 0) is 11.0 Å². The van der Waals surface area contributed by atoms with E-state index in [0.717, 1.165) is 6.07 Å². The van der Waals surface area contributed by atoms with E-state index in [-0.39, 0.29) is 17.0 Å². The SMILES string of the molecule is Cc1cc(C(F)(F)F)cnc1N1C=C2C(=O)NC(N3CC(F)(F)C3)NC2N1. The maximum Gasteiger partial charge on any atom is 0.417 e. The van der Waals surface area contributed by atoms with Gasteiger partial charge >= 0.3 is 6.18 Å². The Morgan fingerprint density at radius 2 is 2.00 bits per heavy atom. The van der Waals surface area contributed by atoms with Gasteiger partial charge in [-0.2, -0.15) is 13.2 Å². The van der Waals surface area contributed by atoms with E-state index in [2.05, 4.69) is 21.0 Å². The molecule has 2 unspecified atom stereocenters. The van der Waals surface area contributed by atoms with Crippen LogP contribution in [0.15, 0.2) is 24.0 Å². The van der Waals surface area contributed by atoms with E-state index in [4.69, 9.17) is 0 Å². The molecule has 4 rings (SSSR count). The smallest absolute Gasteiger partial charge is 0.324 e. The van der Waals surface area contributed by atoms with Crippen molar-refractivity contribution in [2.24, 2.45) is 0 Å². The van der Waals surface area contributed by atoms with Crippen LogP contribution in [0.25, 0.3) is 0 Å². The third-order valence-corrected chi connectivity index (χ3v) is 4.54. The first-order valence-corrected chi connectivity index (χ1v) is 8.03. The fourth-order valence-corrected chi connectivity index (χ4v) is 3.21. The highest BCUT2D eigenvalue weighted by atomic mass is 19.4. The Labute approximate surface area is 150 Å². The van der Waals surface area contributed by atoms with Gasteiger partial charge in [0.25, 0.3) is 11.8 Å². The molecule has 0 aliphatic carbocycles. The second kappa shape index (κ2) is 5.84. The summed E-state index contributed by atoms with van der Waals surface area (Å²) in [6, 6.07) is 0.961. The van der Waals surface area contributed by atoms with Crippen LogP contribution in [-0.4, -0.2) is 47.3 Å². The van der Waals surface area contributed by atoms with Crippen LogP contribution in [0.1, 0.15) is 11.1 Å². The van der Waals surface area contributed by atoms with E-state index < -0.39 is 49.1 Å². The second-order valence-corrected chi connectivity index (χ2v) is 6.68. The summed E-state index contributed by atoms with van der Waals surface area (Å²) in [5, 5.41) is 6.90. The van der Waals surface area contributed by atoms with Crippen LogP contribution in [0.4, 0.5) is 27.8 Å². The normalized spacial score (nSPS) is 27.7. The van der Waals surface area contributed by atoms with E-state index in [1.54, 1.807) is 0 Å². The van der Waals surface area contributed by atoms with Crippen molar-refractivity contribution in [2.45, 2.75) is 31.5 Å². The number of anilines is 1. The average molecular weight is 390 g/mol. The lowest BCUT2D eigenvalue weighted by Crippen LogP contribution is -2.73. The van der Waals surface area contributed by atoms with Crippen molar-refractivity contribution in [3.8, 4) is 0 Å². The van der Waals surface area contributed by atoms with Crippen LogP contribution in [0, 0.1) is 6.92 Å². The van der Waals surface area contributed by atoms with Gasteiger partial charge in [-0.1, -0.05) is 0 Å². The summed E-state index contributed by atoms with van der Waals surface area (Å²) in [6.07, 6.45) is -3.83. The second-order valence-electron chi connectivity index (χ2n) is 6.68. The molecule has 1 aromatic rings. The maximum absolute atomic E-state index is 13.0.